The molecule has 16 heavy (non-hydrogen) atoms. The minimum Gasteiger partial charge on any atom is -0.359 e. The molecule has 4 nitrogen and oxygen atoms in total. The number of halogens is 3. The standard InChI is InChI=1S/C9H15F3N2O2/c1-6(7(2)14(15)16)13(5)8(3,4)9(10,11)12/h1-5H3/b7-6+. The fourth-order valence-electron chi connectivity index (χ4n) is 0.984. The quantitative estimate of drug-likeness (QED) is 0.563. The number of hydrogen-bond donors (Lipinski definition) is 0. The lowest BCUT2D eigenvalue weighted by molar-refractivity contribution is -0.427. The van der Waals surface area contributed by atoms with Gasteiger partial charge in [-0.2, -0.15) is 13.2 Å². The van der Waals surface area contributed by atoms with Gasteiger partial charge in [0, 0.05) is 14.0 Å². The Morgan fingerprint density at radius 3 is 1.88 bits per heavy atom. The summed E-state index contributed by atoms with van der Waals surface area (Å²) in [5, 5.41) is 10.5. The van der Waals surface area contributed by atoms with E-state index in [0.29, 0.717) is 0 Å². The van der Waals surface area contributed by atoms with Crippen molar-refractivity contribution in [3.05, 3.63) is 21.5 Å². The van der Waals surface area contributed by atoms with E-state index in [0.717, 1.165) is 18.7 Å². The zero-order chi connectivity index (χ0) is 13.3. The van der Waals surface area contributed by atoms with Crippen LogP contribution in [-0.4, -0.2) is 28.6 Å². The minimum absolute atomic E-state index is 0.00711. The molecule has 0 radical (unpaired) electrons. The van der Waals surface area contributed by atoms with Crippen molar-refractivity contribution in [2.75, 3.05) is 7.05 Å². The van der Waals surface area contributed by atoms with Crippen molar-refractivity contribution in [1.29, 1.82) is 0 Å². The van der Waals surface area contributed by atoms with Crippen LogP contribution in [0.15, 0.2) is 11.4 Å². The van der Waals surface area contributed by atoms with Crippen LogP contribution in [0.1, 0.15) is 27.7 Å². The summed E-state index contributed by atoms with van der Waals surface area (Å²) in [7, 11) is 1.19. The van der Waals surface area contributed by atoms with Crippen LogP contribution in [-0.2, 0) is 0 Å². The second kappa shape index (κ2) is 4.31. The molecule has 0 saturated heterocycles. The lowest BCUT2D eigenvalue weighted by Gasteiger charge is -2.38. The molecule has 0 N–H and O–H groups in total. The number of hydrogen-bond acceptors (Lipinski definition) is 3. The van der Waals surface area contributed by atoms with Crippen LogP contribution >= 0.6 is 0 Å². The molecule has 0 amide bonds. The molecular formula is C9H15F3N2O2. The maximum Gasteiger partial charge on any atom is 0.411 e. The fourth-order valence-corrected chi connectivity index (χ4v) is 0.984. The van der Waals surface area contributed by atoms with E-state index in [1.165, 1.54) is 20.9 Å². The molecule has 0 atom stereocenters. The van der Waals surface area contributed by atoms with Gasteiger partial charge in [0.2, 0.25) is 0 Å². The van der Waals surface area contributed by atoms with Crippen LogP contribution in [0.2, 0.25) is 0 Å². The average Bonchev–Trinajstić information content (AvgIpc) is 2.12. The van der Waals surface area contributed by atoms with Crippen LogP contribution in [0.5, 0.6) is 0 Å². The van der Waals surface area contributed by atoms with Crippen LogP contribution < -0.4 is 0 Å². The van der Waals surface area contributed by atoms with Crippen LogP contribution in [0, 0.1) is 10.1 Å². The topological polar surface area (TPSA) is 46.4 Å². The van der Waals surface area contributed by atoms with Gasteiger partial charge in [-0.15, -0.1) is 0 Å². The SMILES string of the molecule is C/C(=C(/C)[N+](=O)[O-])N(C)C(C)(C)C(F)(F)F. The molecule has 0 aromatic heterocycles. The highest BCUT2D eigenvalue weighted by molar-refractivity contribution is 5.06. The second-order valence-corrected chi connectivity index (χ2v) is 4.04. The molecule has 0 aromatic rings. The first-order valence-electron chi connectivity index (χ1n) is 4.55. The zero-order valence-corrected chi connectivity index (χ0v) is 9.84. The Kier molecular flexibility index (Phi) is 3.96. The highest BCUT2D eigenvalue weighted by Gasteiger charge is 2.51. The van der Waals surface area contributed by atoms with Gasteiger partial charge >= 0.3 is 6.18 Å². The Morgan fingerprint density at radius 2 is 1.62 bits per heavy atom. The van der Waals surface area contributed by atoms with Gasteiger partial charge in [0.1, 0.15) is 5.54 Å². The molecule has 0 saturated carbocycles. The third kappa shape index (κ3) is 2.65. The van der Waals surface area contributed by atoms with E-state index < -0.39 is 16.6 Å². The van der Waals surface area contributed by atoms with Gasteiger partial charge in [-0.25, -0.2) is 0 Å². The number of nitro groups is 1. The summed E-state index contributed by atoms with van der Waals surface area (Å²) in [5.41, 5.74) is -2.44. The fraction of sp³-hybridized carbons (Fsp3) is 0.778. The van der Waals surface area contributed by atoms with Gasteiger partial charge in [-0.1, -0.05) is 0 Å². The summed E-state index contributed by atoms with van der Waals surface area (Å²) >= 11 is 0. The molecule has 0 aliphatic rings. The van der Waals surface area contributed by atoms with Crippen molar-refractivity contribution in [1.82, 2.24) is 4.90 Å². The van der Waals surface area contributed by atoms with Gasteiger partial charge in [0.25, 0.3) is 5.70 Å². The van der Waals surface area contributed by atoms with Crippen molar-refractivity contribution < 1.29 is 18.1 Å². The number of alkyl halides is 3. The van der Waals surface area contributed by atoms with E-state index in [2.05, 4.69) is 0 Å². The van der Waals surface area contributed by atoms with Crippen LogP contribution in [0.25, 0.3) is 0 Å². The highest BCUT2D eigenvalue weighted by atomic mass is 19.4. The molecule has 0 aliphatic carbocycles. The Bertz CT molecular complexity index is 321. The Hall–Kier alpha value is -1.27. The predicted molar refractivity (Wildman–Crippen MR) is 53.3 cm³/mol. The Balaban J connectivity index is 5.31. The summed E-state index contributed by atoms with van der Waals surface area (Å²) in [5.74, 6) is 0. The largest absolute Gasteiger partial charge is 0.411 e. The summed E-state index contributed by atoms with van der Waals surface area (Å²) in [6, 6.07) is 0. The first-order chi connectivity index (χ1) is 6.93. The summed E-state index contributed by atoms with van der Waals surface area (Å²) in [6.07, 6.45) is -4.46. The Morgan fingerprint density at radius 1 is 1.25 bits per heavy atom. The van der Waals surface area contributed by atoms with Gasteiger partial charge < -0.3 is 4.90 Å². The van der Waals surface area contributed by atoms with E-state index in [9.17, 15) is 23.3 Å². The van der Waals surface area contributed by atoms with E-state index in [-0.39, 0.29) is 11.4 Å². The normalized spacial score (nSPS) is 14.5. The third-order valence-electron chi connectivity index (χ3n) is 2.83. The van der Waals surface area contributed by atoms with E-state index >= 15 is 0 Å². The molecule has 0 aromatic carbocycles. The molecule has 94 valence electrons. The smallest absolute Gasteiger partial charge is 0.359 e. The van der Waals surface area contributed by atoms with E-state index in [1.54, 1.807) is 0 Å². The molecule has 0 bridgehead atoms. The third-order valence-corrected chi connectivity index (χ3v) is 2.83. The van der Waals surface area contributed by atoms with Crippen LogP contribution in [0.4, 0.5) is 13.2 Å². The summed E-state index contributed by atoms with van der Waals surface area (Å²) in [6.45, 7) is 4.43. The first kappa shape index (κ1) is 14.7. The zero-order valence-electron chi connectivity index (χ0n) is 9.84. The molecule has 0 rings (SSSR count). The lowest BCUT2D eigenvalue weighted by Crippen LogP contribution is -2.52. The van der Waals surface area contributed by atoms with Crippen molar-refractivity contribution in [2.45, 2.75) is 39.4 Å². The number of rotatable bonds is 3. The van der Waals surface area contributed by atoms with Gasteiger partial charge in [0.05, 0.1) is 10.6 Å². The van der Waals surface area contributed by atoms with Crippen molar-refractivity contribution in [3.8, 4) is 0 Å². The molecule has 0 fully saturated rings. The lowest BCUT2D eigenvalue weighted by atomic mass is 10.0. The van der Waals surface area contributed by atoms with E-state index in [1.807, 2.05) is 0 Å². The van der Waals surface area contributed by atoms with Crippen molar-refractivity contribution in [2.24, 2.45) is 0 Å². The molecule has 0 aliphatic heterocycles. The second-order valence-electron chi connectivity index (χ2n) is 4.04. The van der Waals surface area contributed by atoms with Crippen LogP contribution in [0.3, 0.4) is 0 Å². The number of nitrogens with zero attached hydrogens (tertiary/aromatic N) is 2. The monoisotopic (exact) mass is 240 g/mol. The van der Waals surface area contributed by atoms with Crippen molar-refractivity contribution in [3.63, 3.8) is 0 Å². The minimum atomic E-state index is -4.46. The van der Waals surface area contributed by atoms with Crippen molar-refractivity contribution >= 4 is 0 Å². The molecule has 0 unspecified atom stereocenters. The molecular weight excluding hydrogens is 225 g/mol. The van der Waals surface area contributed by atoms with E-state index in [4.69, 9.17) is 0 Å². The van der Waals surface area contributed by atoms with Gasteiger partial charge in [0.15, 0.2) is 0 Å². The predicted octanol–water partition coefficient (Wildman–Crippen LogP) is 2.79. The molecule has 0 heterocycles. The average molecular weight is 240 g/mol. The molecule has 0 spiro atoms. The highest BCUT2D eigenvalue weighted by Crippen LogP contribution is 2.36. The maximum atomic E-state index is 12.7. The summed E-state index contributed by atoms with van der Waals surface area (Å²) < 4.78 is 38.0. The maximum absolute atomic E-state index is 12.7. The summed E-state index contributed by atoms with van der Waals surface area (Å²) in [4.78, 5) is 10.6. The first-order valence-corrected chi connectivity index (χ1v) is 4.55. The van der Waals surface area contributed by atoms with Gasteiger partial charge in [-0.3, -0.25) is 10.1 Å². The number of allylic oxidation sites excluding steroid dienone is 2. The Labute approximate surface area is 91.9 Å². The molecule has 7 heteroatoms. The van der Waals surface area contributed by atoms with Gasteiger partial charge in [-0.05, 0) is 20.8 Å².